The SMILES string of the molecule is COc1ccc(CN(C)C(=O)c2ccc(-n3ccnc3)c([N+](=O)[O-])c2)cc1. The van der Waals surface area contributed by atoms with E-state index in [0.717, 1.165) is 11.3 Å². The summed E-state index contributed by atoms with van der Waals surface area (Å²) in [5.41, 5.74) is 1.38. The minimum Gasteiger partial charge on any atom is -0.497 e. The van der Waals surface area contributed by atoms with Gasteiger partial charge in [-0.15, -0.1) is 0 Å². The molecule has 1 aromatic heterocycles. The van der Waals surface area contributed by atoms with E-state index < -0.39 is 4.92 Å². The Morgan fingerprint density at radius 2 is 2.00 bits per heavy atom. The Labute approximate surface area is 155 Å². The maximum absolute atomic E-state index is 12.7. The molecule has 0 N–H and O–H groups in total. The second kappa shape index (κ2) is 7.69. The topological polar surface area (TPSA) is 90.5 Å². The summed E-state index contributed by atoms with van der Waals surface area (Å²) in [5.74, 6) is 0.435. The number of nitrogens with zero attached hydrogens (tertiary/aromatic N) is 4. The van der Waals surface area contributed by atoms with Crippen LogP contribution in [0.1, 0.15) is 15.9 Å². The summed E-state index contributed by atoms with van der Waals surface area (Å²) in [6.45, 7) is 0.375. The predicted octanol–water partition coefficient (Wildman–Crippen LogP) is 3.06. The maximum atomic E-state index is 12.7. The lowest BCUT2D eigenvalue weighted by Gasteiger charge is -2.18. The average Bonchev–Trinajstić information content (AvgIpc) is 3.22. The van der Waals surface area contributed by atoms with Gasteiger partial charge in [0.25, 0.3) is 11.6 Å². The van der Waals surface area contributed by atoms with Gasteiger partial charge in [0.15, 0.2) is 0 Å². The van der Waals surface area contributed by atoms with Crippen LogP contribution in [0.25, 0.3) is 5.69 Å². The number of benzene rings is 2. The molecule has 2 aromatic carbocycles. The number of imidazole rings is 1. The van der Waals surface area contributed by atoms with Gasteiger partial charge < -0.3 is 14.2 Å². The molecule has 0 bridgehead atoms. The summed E-state index contributed by atoms with van der Waals surface area (Å²) >= 11 is 0. The summed E-state index contributed by atoms with van der Waals surface area (Å²) in [7, 11) is 3.24. The summed E-state index contributed by atoms with van der Waals surface area (Å²) in [5, 5.41) is 11.4. The molecule has 0 fully saturated rings. The van der Waals surface area contributed by atoms with Crippen molar-refractivity contribution in [3.63, 3.8) is 0 Å². The second-order valence-electron chi connectivity index (χ2n) is 5.94. The number of hydrogen-bond donors (Lipinski definition) is 0. The van der Waals surface area contributed by atoms with Crippen LogP contribution in [0.3, 0.4) is 0 Å². The first-order valence-electron chi connectivity index (χ1n) is 8.14. The summed E-state index contributed by atoms with van der Waals surface area (Å²) in [6.07, 6.45) is 4.62. The first kappa shape index (κ1) is 18.1. The fourth-order valence-electron chi connectivity index (χ4n) is 2.72. The third-order valence-corrected chi connectivity index (χ3v) is 4.13. The van der Waals surface area contributed by atoms with Crippen LogP contribution in [0.2, 0.25) is 0 Å². The van der Waals surface area contributed by atoms with Gasteiger partial charge in [0, 0.05) is 37.6 Å². The highest BCUT2D eigenvalue weighted by Crippen LogP contribution is 2.25. The number of amides is 1. The molecule has 3 aromatic rings. The van der Waals surface area contributed by atoms with Gasteiger partial charge >= 0.3 is 0 Å². The van der Waals surface area contributed by atoms with Crippen molar-refractivity contribution in [3.8, 4) is 11.4 Å². The van der Waals surface area contributed by atoms with Crippen molar-refractivity contribution in [2.45, 2.75) is 6.54 Å². The van der Waals surface area contributed by atoms with E-state index in [-0.39, 0.29) is 17.2 Å². The lowest BCUT2D eigenvalue weighted by molar-refractivity contribution is -0.384. The number of carbonyl (C=O) groups excluding carboxylic acids is 1. The third-order valence-electron chi connectivity index (χ3n) is 4.13. The van der Waals surface area contributed by atoms with E-state index in [9.17, 15) is 14.9 Å². The molecular weight excluding hydrogens is 348 g/mol. The maximum Gasteiger partial charge on any atom is 0.294 e. The van der Waals surface area contributed by atoms with E-state index in [2.05, 4.69) is 4.98 Å². The molecule has 0 radical (unpaired) electrons. The van der Waals surface area contributed by atoms with Crippen LogP contribution >= 0.6 is 0 Å². The van der Waals surface area contributed by atoms with Crippen LogP contribution in [0.4, 0.5) is 5.69 Å². The summed E-state index contributed by atoms with van der Waals surface area (Å²) in [6, 6.07) is 11.8. The normalized spacial score (nSPS) is 10.4. The van der Waals surface area contributed by atoms with Crippen molar-refractivity contribution in [2.24, 2.45) is 0 Å². The summed E-state index contributed by atoms with van der Waals surface area (Å²) < 4.78 is 6.65. The van der Waals surface area contributed by atoms with Crippen LogP contribution in [0, 0.1) is 10.1 Å². The van der Waals surface area contributed by atoms with Crippen LogP contribution in [-0.2, 0) is 6.54 Å². The Morgan fingerprint density at radius 1 is 1.26 bits per heavy atom. The molecule has 8 heteroatoms. The van der Waals surface area contributed by atoms with E-state index in [0.29, 0.717) is 12.2 Å². The van der Waals surface area contributed by atoms with Crippen molar-refractivity contribution in [1.82, 2.24) is 14.5 Å². The van der Waals surface area contributed by atoms with Gasteiger partial charge in [-0.1, -0.05) is 12.1 Å². The zero-order valence-electron chi connectivity index (χ0n) is 14.9. The molecule has 0 aliphatic rings. The summed E-state index contributed by atoms with van der Waals surface area (Å²) in [4.78, 5) is 29.1. The first-order valence-corrected chi connectivity index (χ1v) is 8.14. The zero-order chi connectivity index (χ0) is 19.4. The Bertz CT molecular complexity index is 952. The predicted molar refractivity (Wildman–Crippen MR) is 99.0 cm³/mol. The Kier molecular flexibility index (Phi) is 5.16. The molecule has 0 unspecified atom stereocenters. The van der Waals surface area contributed by atoms with Crippen molar-refractivity contribution in [3.05, 3.63) is 82.4 Å². The molecule has 0 atom stereocenters. The molecule has 0 spiro atoms. The molecule has 8 nitrogen and oxygen atoms in total. The van der Waals surface area contributed by atoms with Crippen LogP contribution in [0.5, 0.6) is 5.75 Å². The van der Waals surface area contributed by atoms with Crippen molar-refractivity contribution in [2.75, 3.05) is 14.2 Å². The number of aromatic nitrogens is 2. The minimum absolute atomic E-state index is 0.156. The Balaban J connectivity index is 1.83. The molecule has 1 amide bonds. The monoisotopic (exact) mass is 366 g/mol. The molecule has 1 heterocycles. The number of ether oxygens (including phenoxy) is 1. The van der Waals surface area contributed by atoms with Gasteiger partial charge in [0.05, 0.1) is 18.4 Å². The number of nitro benzene ring substituents is 1. The van der Waals surface area contributed by atoms with Crippen LogP contribution in [0.15, 0.2) is 61.2 Å². The standard InChI is InChI=1S/C19H18N4O4/c1-21(12-14-3-6-16(27-2)7-4-14)19(24)15-5-8-17(18(11-15)23(25)26)22-10-9-20-13-22/h3-11,13H,12H2,1-2H3. The zero-order valence-corrected chi connectivity index (χ0v) is 14.9. The molecule has 0 saturated carbocycles. The fraction of sp³-hybridized carbons (Fsp3) is 0.158. The lowest BCUT2D eigenvalue weighted by atomic mass is 10.1. The van der Waals surface area contributed by atoms with E-state index in [1.807, 2.05) is 24.3 Å². The van der Waals surface area contributed by atoms with Gasteiger partial charge in [-0.25, -0.2) is 4.98 Å². The Hall–Kier alpha value is -3.68. The van der Waals surface area contributed by atoms with Gasteiger partial charge in [-0.2, -0.15) is 0 Å². The number of hydrogen-bond acceptors (Lipinski definition) is 5. The van der Waals surface area contributed by atoms with E-state index in [1.165, 1.54) is 28.1 Å². The molecule has 0 saturated heterocycles. The lowest BCUT2D eigenvalue weighted by Crippen LogP contribution is -2.26. The second-order valence-corrected chi connectivity index (χ2v) is 5.94. The van der Waals surface area contributed by atoms with Crippen LogP contribution in [-0.4, -0.2) is 39.4 Å². The molecule has 3 rings (SSSR count). The number of methoxy groups -OCH3 is 1. The minimum atomic E-state index is -0.504. The third kappa shape index (κ3) is 3.95. The number of nitro groups is 1. The molecule has 27 heavy (non-hydrogen) atoms. The number of carbonyl (C=O) groups is 1. The number of rotatable bonds is 6. The quantitative estimate of drug-likeness (QED) is 0.494. The van der Waals surface area contributed by atoms with Crippen molar-refractivity contribution >= 4 is 11.6 Å². The van der Waals surface area contributed by atoms with E-state index >= 15 is 0 Å². The molecule has 0 aliphatic heterocycles. The smallest absolute Gasteiger partial charge is 0.294 e. The van der Waals surface area contributed by atoms with Gasteiger partial charge in [0.2, 0.25) is 0 Å². The van der Waals surface area contributed by atoms with E-state index in [1.54, 1.807) is 32.5 Å². The molecular formula is C19H18N4O4. The highest BCUT2D eigenvalue weighted by atomic mass is 16.6. The van der Waals surface area contributed by atoms with Crippen LogP contribution < -0.4 is 4.74 Å². The largest absolute Gasteiger partial charge is 0.497 e. The first-order chi connectivity index (χ1) is 13.0. The van der Waals surface area contributed by atoms with Crippen molar-refractivity contribution in [1.29, 1.82) is 0 Å². The average molecular weight is 366 g/mol. The molecule has 138 valence electrons. The Morgan fingerprint density at radius 3 is 2.59 bits per heavy atom. The molecule has 0 aliphatic carbocycles. The fourth-order valence-corrected chi connectivity index (χ4v) is 2.72. The van der Waals surface area contributed by atoms with Crippen molar-refractivity contribution < 1.29 is 14.5 Å². The van der Waals surface area contributed by atoms with E-state index in [4.69, 9.17) is 4.74 Å². The highest BCUT2D eigenvalue weighted by molar-refractivity contribution is 5.95. The van der Waals surface area contributed by atoms with Gasteiger partial charge in [-0.05, 0) is 29.8 Å². The van der Waals surface area contributed by atoms with Gasteiger partial charge in [-0.3, -0.25) is 14.9 Å². The highest BCUT2D eigenvalue weighted by Gasteiger charge is 2.20. The van der Waals surface area contributed by atoms with Gasteiger partial charge in [0.1, 0.15) is 11.4 Å².